The minimum atomic E-state index is 0.821. The van der Waals surface area contributed by atoms with Crippen molar-refractivity contribution in [2.75, 3.05) is 4.90 Å². The number of benzene rings is 4. The van der Waals surface area contributed by atoms with Crippen LogP contribution in [0.4, 0.5) is 17.1 Å². The van der Waals surface area contributed by atoms with Crippen molar-refractivity contribution in [1.29, 1.82) is 0 Å². The van der Waals surface area contributed by atoms with Gasteiger partial charge in [0.2, 0.25) is 0 Å². The molecule has 0 aliphatic carbocycles. The van der Waals surface area contributed by atoms with Gasteiger partial charge in [-0.15, -0.1) is 0 Å². The van der Waals surface area contributed by atoms with E-state index in [0.29, 0.717) is 0 Å². The molecule has 0 unspecified atom stereocenters. The summed E-state index contributed by atoms with van der Waals surface area (Å²) in [6.07, 6.45) is 0. The highest BCUT2D eigenvalue weighted by Gasteiger charge is 2.12. The van der Waals surface area contributed by atoms with Gasteiger partial charge in [0, 0.05) is 17.1 Å². The topological polar surface area (TPSA) is 12.5 Å². The van der Waals surface area contributed by atoms with E-state index in [1.165, 1.54) is 5.56 Å². The second-order valence-corrected chi connectivity index (χ2v) is 6.42. The molecule has 0 saturated heterocycles. The molecule has 0 heterocycles. The zero-order valence-electron chi connectivity index (χ0n) is 17.2. The van der Waals surface area contributed by atoms with Crippen LogP contribution >= 0.6 is 0 Å². The van der Waals surface area contributed by atoms with Gasteiger partial charge < -0.3 is 9.64 Å². The van der Waals surface area contributed by atoms with Crippen LogP contribution < -0.4 is 9.64 Å². The second kappa shape index (κ2) is 10.1. The molecule has 0 aromatic heterocycles. The Hall–Kier alpha value is -3.52. The van der Waals surface area contributed by atoms with Crippen LogP contribution in [0.25, 0.3) is 0 Å². The van der Waals surface area contributed by atoms with Crippen molar-refractivity contribution >= 4 is 17.1 Å². The van der Waals surface area contributed by atoms with Crippen molar-refractivity contribution in [2.45, 2.75) is 20.8 Å². The van der Waals surface area contributed by atoms with E-state index < -0.39 is 0 Å². The van der Waals surface area contributed by atoms with Crippen LogP contribution in [0.2, 0.25) is 0 Å². The summed E-state index contributed by atoms with van der Waals surface area (Å²) >= 11 is 0. The Kier molecular flexibility index (Phi) is 7.07. The zero-order chi connectivity index (χ0) is 20.5. The summed E-state index contributed by atoms with van der Waals surface area (Å²) in [5.41, 5.74) is 4.59. The van der Waals surface area contributed by atoms with E-state index >= 15 is 0 Å². The van der Waals surface area contributed by atoms with Crippen LogP contribution in [-0.4, -0.2) is 0 Å². The number of para-hydroxylation sites is 2. The third-order valence-corrected chi connectivity index (χ3v) is 4.38. The van der Waals surface area contributed by atoms with Crippen molar-refractivity contribution in [3.05, 3.63) is 115 Å². The molecule has 0 N–H and O–H groups in total. The number of rotatable bonds is 5. The monoisotopic (exact) mass is 381 g/mol. The van der Waals surface area contributed by atoms with E-state index in [-0.39, 0.29) is 0 Å². The first-order chi connectivity index (χ1) is 14.3. The lowest BCUT2D eigenvalue weighted by Gasteiger charge is -2.25. The summed E-state index contributed by atoms with van der Waals surface area (Å²) in [7, 11) is 0. The fraction of sp³-hybridized carbons (Fsp3) is 0.111. The first-order valence-electron chi connectivity index (χ1n) is 10.0. The normalized spacial score (nSPS) is 9.90. The average Bonchev–Trinajstić information content (AvgIpc) is 2.79. The molecule has 0 aliphatic rings. The predicted molar refractivity (Wildman–Crippen MR) is 124 cm³/mol. The zero-order valence-corrected chi connectivity index (χ0v) is 17.2. The summed E-state index contributed by atoms with van der Waals surface area (Å²) in [6, 6.07) is 37.0. The standard InChI is InChI=1S/C25H21NO.C2H6/c1-20-12-14-22(15-13-20)26(21-8-4-2-5-9-21)23-16-18-25(19-17-23)27-24-10-6-3-7-11-24;1-2/h2-19H,1H3;1-2H3. The summed E-state index contributed by atoms with van der Waals surface area (Å²) in [6.45, 7) is 6.10. The molecule has 2 nitrogen and oxygen atoms in total. The minimum Gasteiger partial charge on any atom is -0.457 e. The van der Waals surface area contributed by atoms with E-state index in [4.69, 9.17) is 4.74 Å². The lowest BCUT2D eigenvalue weighted by molar-refractivity contribution is 0.483. The molecule has 0 atom stereocenters. The lowest BCUT2D eigenvalue weighted by atomic mass is 10.1. The highest BCUT2D eigenvalue weighted by atomic mass is 16.5. The molecule has 0 fully saturated rings. The van der Waals surface area contributed by atoms with Crippen molar-refractivity contribution in [1.82, 2.24) is 0 Å². The maximum Gasteiger partial charge on any atom is 0.127 e. The van der Waals surface area contributed by atoms with E-state index in [9.17, 15) is 0 Å². The molecule has 4 rings (SSSR count). The number of nitrogens with zero attached hydrogens (tertiary/aromatic N) is 1. The van der Waals surface area contributed by atoms with Gasteiger partial charge in [0.15, 0.2) is 0 Å². The molecule has 29 heavy (non-hydrogen) atoms. The van der Waals surface area contributed by atoms with Crippen LogP contribution in [0.3, 0.4) is 0 Å². The van der Waals surface area contributed by atoms with Gasteiger partial charge in [-0.05, 0) is 67.6 Å². The molecule has 0 bridgehead atoms. The molecule has 2 heteroatoms. The Bertz CT molecular complexity index is 978. The van der Waals surface area contributed by atoms with Crippen molar-refractivity contribution in [3.8, 4) is 11.5 Å². The number of ether oxygens (including phenoxy) is 1. The van der Waals surface area contributed by atoms with E-state index in [0.717, 1.165) is 28.6 Å². The smallest absolute Gasteiger partial charge is 0.127 e. The van der Waals surface area contributed by atoms with Gasteiger partial charge in [-0.1, -0.05) is 67.9 Å². The van der Waals surface area contributed by atoms with Crippen molar-refractivity contribution in [2.24, 2.45) is 0 Å². The van der Waals surface area contributed by atoms with Gasteiger partial charge in [-0.3, -0.25) is 0 Å². The quantitative estimate of drug-likeness (QED) is 0.345. The fourth-order valence-electron chi connectivity index (χ4n) is 3.01. The van der Waals surface area contributed by atoms with Crippen molar-refractivity contribution in [3.63, 3.8) is 0 Å². The third kappa shape index (κ3) is 5.26. The molecule has 146 valence electrons. The molecule has 0 aliphatic heterocycles. The van der Waals surface area contributed by atoms with Gasteiger partial charge in [0.1, 0.15) is 11.5 Å². The molecule has 0 saturated carbocycles. The Labute approximate surface area is 174 Å². The predicted octanol–water partition coefficient (Wildman–Crippen LogP) is 8.28. The maximum absolute atomic E-state index is 5.92. The van der Waals surface area contributed by atoms with Crippen LogP contribution in [0.15, 0.2) is 109 Å². The summed E-state index contributed by atoms with van der Waals surface area (Å²) in [5.74, 6) is 1.66. The molecule has 4 aromatic rings. The molecular formula is C27H27NO. The van der Waals surface area contributed by atoms with Crippen LogP contribution in [0, 0.1) is 6.92 Å². The van der Waals surface area contributed by atoms with Gasteiger partial charge in [-0.25, -0.2) is 0 Å². The van der Waals surface area contributed by atoms with E-state index in [1.54, 1.807) is 0 Å². The van der Waals surface area contributed by atoms with Crippen molar-refractivity contribution < 1.29 is 4.74 Å². The molecule has 0 spiro atoms. The third-order valence-electron chi connectivity index (χ3n) is 4.38. The van der Waals surface area contributed by atoms with Crippen LogP contribution in [0.5, 0.6) is 11.5 Å². The maximum atomic E-state index is 5.92. The average molecular weight is 382 g/mol. The van der Waals surface area contributed by atoms with Crippen LogP contribution in [-0.2, 0) is 0 Å². The summed E-state index contributed by atoms with van der Waals surface area (Å²) in [5, 5.41) is 0. The fourth-order valence-corrected chi connectivity index (χ4v) is 3.01. The second-order valence-electron chi connectivity index (χ2n) is 6.42. The van der Waals surface area contributed by atoms with Gasteiger partial charge in [0.25, 0.3) is 0 Å². The van der Waals surface area contributed by atoms with E-state index in [1.807, 2.05) is 62.4 Å². The van der Waals surface area contributed by atoms with Gasteiger partial charge in [0.05, 0.1) is 0 Å². The summed E-state index contributed by atoms with van der Waals surface area (Å²) < 4.78 is 5.92. The van der Waals surface area contributed by atoms with Crippen LogP contribution in [0.1, 0.15) is 19.4 Å². The van der Waals surface area contributed by atoms with Gasteiger partial charge in [-0.2, -0.15) is 0 Å². The molecule has 0 amide bonds. The summed E-state index contributed by atoms with van der Waals surface area (Å²) in [4.78, 5) is 2.24. The minimum absolute atomic E-state index is 0.821. The Morgan fingerprint density at radius 3 is 1.45 bits per heavy atom. The van der Waals surface area contributed by atoms with E-state index in [2.05, 4.69) is 72.5 Å². The Morgan fingerprint density at radius 2 is 0.897 bits per heavy atom. The Balaban J connectivity index is 0.00000117. The number of anilines is 3. The molecular weight excluding hydrogens is 354 g/mol. The highest BCUT2D eigenvalue weighted by molar-refractivity contribution is 5.76. The first-order valence-corrected chi connectivity index (χ1v) is 10.0. The SMILES string of the molecule is CC.Cc1ccc(N(c2ccccc2)c2ccc(Oc3ccccc3)cc2)cc1. The molecule has 0 radical (unpaired) electrons. The highest BCUT2D eigenvalue weighted by Crippen LogP contribution is 2.35. The van der Waals surface area contributed by atoms with Gasteiger partial charge >= 0.3 is 0 Å². The Morgan fingerprint density at radius 1 is 0.483 bits per heavy atom. The number of hydrogen-bond donors (Lipinski definition) is 0. The number of hydrogen-bond acceptors (Lipinski definition) is 2. The first kappa shape index (κ1) is 20.2. The largest absolute Gasteiger partial charge is 0.457 e. The number of aryl methyl sites for hydroxylation is 1. The molecule has 4 aromatic carbocycles. The lowest BCUT2D eigenvalue weighted by Crippen LogP contribution is -2.09.